The molecule has 15 aromatic carbocycles. The van der Waals surface area contributed by atoms with Crippen LogP contribution in [0.3, 0.4) is 0 Å². The van der Waals surface area contributed by atoms with Gasteiger partial charge in [0.1, 0.15) is 0 Å². The molecule has 0 aliphatic carbocycles. The Kier molecular flexibility index (Phi) is 13.5. The van der Waals surface area contributed by atoms with Crippen LogP contribution in [-0.4, -0.2) is 17.2 Å². The molecule has 0 atom stereocenters. The summed E-state index contributed by atoms with van der Waals surface area (Å²) in [6, 6.07) is 137. The lowest BCUT2D eigenvalue weighted by Crippen LogP contribution is -2.74. The highest BCUT2D eigenvalue weighted by Gasteiger charge is 2.43. The SMILES string of the molecule is c1ccc(-c2cc(-c3ccccc3)cc([Si](c3ccccc3)(c3ccccc3)c3cc(-c4ccccc4)c(-n4c5ccccc5c5cc(-n6c7ccccc7c7cccc(-c8ccccc8-c8cccc9sc%10ccccc%10c89)c76)ccc54)c(-c4ccccc4)c3)c2)cc1. The van der Waals surface area contributed by atoms with Gasteiger partial charge in [0.25, 0.3) is 0 Å². The summed E-state index contributed by atoms with van der Waals surface area (Å²) < 4.78 is 7.73. The van der Waals surface area contributed by atoms with Gasteiger partial charge in [0.2, 0.25) is 0 Å². The molecule has 0 amide bonds. The highest BCUT2D eigenvalue weighted by Crippen LogP contribution is 2.47. The second-order valence-corrected chi connectivity index (χ2v) is 29.5. The smallest absolute Gasteiger partial charge is 0.179 e. The van der Waals surface area contributed by atoms with Gasteiger partial charge in [0.15, 0.2) is 8.07 Å². The van der Waals surface area contributed by atoms with Crippen molar-refractivity contribution in [3.8, 4) is 78.1 Å². The van der Waals surface area contributed by atoms with Gasteiger partial charge in [-0.25, -0.2) is 0 Å². The Labute approximate surface area is 551 Å². The number of thiophene rings is 1. The normalized spacial score (nSPS) is 11.8. The van der Waals surface area contributed by atoms with Crippen LogP contribution in [0.5, 0.6) is 0 Å². The molecule has 0 bridgehead atoms. The molecule has 0 spiro atoms. The first-order valence-electron chi connectivity index (χ1n) is 32.4. The Bertz CT molecular complexity index is 5730. The summed E-state index contributed by atoms with van der Waals surface area (Å²) in [5, 5.41) is 12.6. The Morgan fingerprint density at radius 1 is 0.223 bits per heavy atom. The monoisotopic (exact) mass is 1230 g/mol. The van der Waals surface area contributed by atoms with Gasteiger partial charge >= 0.3 is 0 Å². The molecule has 18 aromatic rings. The van der Waals surface area contributed by atoms with Crippen LogP contribution in [0.1, 0.15) is 0 Å². The van der Waals surface area contributed by atoms with Crippen LogP contribution in [0.25, 0.3) is 142 Å². The van der Waals surface area contributed by atoms with Crippen molar-refractivity contribution in [3.63, 3.8) is 0 Å². The number of hydrogen-bond donors (Lipinski definition) is 0. The van der Waals surface area contributed by atoms with E-state index in [1.165, 1.54) is 118 Å². The first-order chi connectivity index (χ1) is 46.7. The van der Waals surface area contributed by atoms with Crippen molar-refractivity contribution in [2.24, 2.45) is 0 Å². The fraction of sp³-hybridized carbons (Fsp3) is 0. The minimum atomic E-state index is -3.34. The summed E-state index contributed by atoms with van der Waals surface area (Å²) in [6.45, 7) is 0. The molecule has 3 aromatic heterocycles. The third-order valence-corrected chi connectivity index (χ3v) is 25.3. The molecule has 440 valence electrons. The van der Waals surface area contributed by atoms with Crippen molar-refractivity contribution >= 4 is 104 Å². The van der Waals surface area contributed by atoms with E-state index in [1.54, 1.807) is 0 Å². The zero-order valence-electron chi connectivity index (χ0n) is 51.4. The number of aromatic nitrogens is 2. The van der Waals surface area contributed by atoms with Crippen molar-refractivity contribution in [1.29, 1.82) is 0 Å². The summed E-state index contributed by atoms with van der Waals surface area (Å²) >= 11 is 1.87. The van der Waals surface area contributed by atoms with E-state index < -0.39 is 8.07 Å². The van der Waals surface area contributed by atoms with Crippen LogP contribution < -0.4 is 20.7 Å². The molecule has 0 N–H and O–H groups in total. The van der Waals surface area contributed by atoms with E-state index in [9.17, 15) is 0 Å². The lowest BCUT2D eigenvalue weighted by molar-refractivity contribution is 1.17. The Balaban J connectivity index is 0.915. The van der Waals surface area contributed by atoms with E-state index >= 15 is 0 Å². The topological polar surface area (TPSA) is 9.86 Å². The van der Waals surface area contributed by atoms with E-state index in [2.05, 4.69) is 373 Å². The van der Waals surface area contributed by atoms with Gasteiger partial charge in [0, 0.05) is 64.1 Å². The quantitative estimate of drug-likeness (QED) is 0.0852. The zero-order valence-corrected chi connectivity index (χ0v) is 53.3. The Hall–Kier alpha value is -11.7. The van der Waals surface area contributed by atoms with Crippen LogP contribution in [0.2, 0.25) is 0 Å². The number of benzene rings is 15. The Morgan fingerprint density at radius 3 is 1.23 bits per heavy atom. The minimum Gasteiger partial charge on any atom is -0.309 e. The van der Waals surface area contributed by atoms with Gasteiger partial charge < -0.3 is 9.13 Å². The molecule has 94 heavy (non-hydrogen) atoms. The van der Waals surface area contributed by atoms with Crippen LogP contribution in [0.4, 0.5) is 0 Å². The Morgan fingerprint density at radius 2 is 0.638 bits per heavy atom. The van der Waals surface area contributed by atoms with Crippen LogP contribution in [0.15, 0.2) is 364 Å². The average molecular weight is 1230 g/mol. The van der Waals surface area contributed by atoms with Gasteiger partial charge in [-0.05, 0) is 119 Å². The first-order valence-corrected chi connectivity index (χ1v) is 35.2. The molecule has 0 saturated carbocycles. The van der Waals surface area contributed by atoms with Gasteiger partial charge in [-0.1, -0.05) is 315 Å². The van der Waals surface area contributed by atoms with Crippen molar-refractivity contribution in [2.45, 2.75) is 0 Å². The van der Waals surface area contributed by atoms with E-state index in [0.29, 0.717) is 0 Å². The molecule has 0 saturated heterocycles. The van der Waals surface area contributed by atoms with E-state index in [0.717, 1.165) is 44.7 Å². The maximum atomic E-state index is 2.59. The van der Waals surface area contributed by atoms with Gasteiger partial charge in [-0.15, -0.1) is 11.3 Å². The maximum absolute atomic E-state index is 3.34. The number of hydrogen-bond acceptors (Lipinski definition) is 1. The second-order valence-electron chi connectivity index (χ2n) is 24.6. The van der Waals surface area contributed by atoms with Crippen LogP contribution >= 0.6 is 11.3 Å². The van der Waals surface area contributed by atoms with Crippen molar-refractivity contribution in [2.75, 3.05) is 0 Å². The predicted octanol–water partition coefficient (Wildman–Crippen LogP) is 21.6. The largest absolute Gasteiger partial charge is 0.309 e. The fourth-order valence-corrected chi connectivity index (χ4v) is 21.4. The molecule has 3 heterocycles. The summed E-state index contributed by atoms with van der Waals surface area (Å²) in [5.74, 6) is 0. The highest BCUT2D eigenvalue weighted by molar-refractivity contribution is 7.26. The van der Waals surface area contributed by atoms with Gasteiger partial charge in [0.05, 0.1) is 27.8 Å². The molecule has 0 aliphatic rings. The van der Waals surface area contributed by atoms with Crippen molar-refractivity contribution < 1.29 is 0 Å². The molecular formula is C90H60N2SSi. The van der Waals surface area contributed by atoms with Crippen molar-refractivity contribution in [3.05, 3.63) is 364 Å². The molecule has 0 unspecified atom stereocenters. The molecule has 2 nitrogen and oxygen atoms in total. The molecule has 18 rings (SSSR count). The minimum absolute atomic E-state index is 1.11. The lowest BCUT2D eigenvalue weighted by atomic mass is 9.91. The molecule has 0 aliphatic heterocycles. The molecule has 4 heteroatoms. The average Bonchev–Trinajstić information content (AvgIpc) is 1.04. The van der Waals surface area contributed by atoms with E-state index in [4.69, 9.17) is 0 Å². The number of rotatable bonds is 12. The van der Waals surface area contributed by atoms with E-state index in [-0.39, 0.29) is 0 Å². The predicted molar refractivity (Wildman–Crippen MR) is 404 cm³/mol. The molecule has 0 fully saturated rings. The zero-order chi connectivity index (χ0) is 62.1. The summed E-state index contributed by atoms with van der Waals surface area (Å²) in [7, 11) is -3.34. The first kappa shape index (κ1) is 55.2. The molecule has 0 radical (unpaired) electrons. The fourth-order valence-electron chi connectivity index (χ4n) is 15.4. The number of para-hydroxylation sites is 3. The summed E-state index contributed by atoms with van der Waals surface area (Å²) in [4.78, 5) is 0. The second kappa shape index (κ2) is 22.9. The highest BCUT2D eigenvalue weighted by atomic mass is 32.1. The van der Waals surface area contributed by atoms with Gasteiger partial charge in [-0.3, -0.25) is 0 Å². The maximum Gasteiger partial charge on any atom is 0.179 e. The van der Waals surface area contributed by atoms with E-state index in [1.807, 2.05) is 11.3 Å². The summed E-state index contributed by atoms with van der Waals surface area (Å²) in [6.07, 6.45) is 0. The van der Waals surface area contributed by atoms with Crippen LogP contribution in [-0.2, 0) is 0 Å². The third kappa shape index (κ3) is 8.98. The van der Waals surface area contributed by atoms with Crippen molar-refractivity contribution in [1.82, 2.24) is 9.13 Å². The molecular weight excluding hydrogens is 1170 g/mol. The number of nitrogens with zero attached hydrogens (tertiary/aromatic N) is 2. The number of fused-ring (bicyclic) bond motifs is 9. The standard InChI is InChI=1S/C90H60N2SSi/c1-7-29-61(30-8-1)65-55-66(62-31-9-2-10-32-62)57-70(56-65)94(68-37-15-5-16-38-68,69-39-17-6-18-40-69)71-59-80(63-33-11-3-12-34-63)90(81(60-71)64-35-13-4-14-36-64)92-84-50-25-22-44-75(84)82-58-67(53-54-85(82)92)91-83-49-24-21-43-74(83)78-48-27-47-77(89(78)91)73-42-20-19-41-72(73)76-46-28-52-87-88(76)79-45-23-26-51-86(79)93-87/h1-60H. The van der Waals surface area contributed by atoms with Gasteiger partial charge in [-0.2, -0.15) is 0 Å². The summed E-state index contributed by atoms with van der Waals surface area (Å²) in [5.41, 5.74) is 21.1. The third-order valence-electron chi connectivity index (χ3n) is 19.4. The van der Waals surface area contributed by atoms with Crippen LogP contribution in [0, 0.1) is 0 Å². The lowest BCUT2D eigenvalue weighted by Gasteiger charge is -2.36.